The highest BCUT2D eigenvalue weighted by Gasteiger charge is 2.21. The molecule has 1 unspecified atom stereocenters. The van der Waals surface area contributed by atoms with Crippen molar-refractivity contribution in [1.82, 2.24) is 4.98 Å². The number of carbonyl (C=O) groups is 2. The standard InChI is InChI=1S/C28H26FN3O4S2/c1-4-24(26(33)32-28-31-21(16-37-28)17-11-13-18(29)14-12-17)38-20-8-5-7-19(15-20)30-27(34)25-22(35-2)9-6-10-23(25)36-3/h5-16,24H,4H2,1-3H3,(H,30,34)(H,31,32,33). The molecule has 0 bridgehead atoms. The number of aromatic nitrogens is 1. The molecule has 0 aliphatic rings. The number of thiazole rings is 1. The molecular formula is C28H26FN3O4S2. The number of carbonyl (C=O) groups excluding carboxylic acids is 2. The first-order chi connectivity index (χ1) is 18.4. The zero-order valence-electron chi connectivity index (χ0n) is 21.0. The lowest BCUT2D eigenvalue weighted by atomic mass is 10.1. The predicted octanol–water partition coefficient (Wildman–Crippen LogP) is 6.73. The number of amides is 2. The number of nitrogens with one attached hydrogen (secondary N) is 2. The van der Waals surface area contributed by atoms with E-state index in [1.54, 1.807) is 36.4 Å². The first kappa shape index (κ1) is 27.2. The molecule has 38 heavy (non-hydrogen) atoms. The number of thioether (sulfide) groups is 1. The minimum Gasteiger partial charge on any atom is -0.496 e. The maximum absolute atomic E-state index is 13.2. The molecule has 4 rings (SSSR count). The minimum absolute atomic E-state index is 0.175. The third kappa shape index (κ3) is 6.51. The van der Waals surface area contributed by atoms with Crippen LogP contribution in [-0.4, -0.2) is 36.3 Å². The molecule has 1 heterocycles. The summed E-state index contributed by atoms with van der Waals surface area (Å²) in [4.78, 5) is 31.3. The van der Waals surface area contributed by atoms with E-state index in [9.17, 15) is 14.0 Å². The molecule has 2 N–H and O–H groups in total. The number of ether oxygens (including phenoxy) is 2. The summed E-state index contributed by atoms with van der Waals surface area (Å²) in [5.41, 5.74) is 2.31. The zero-order valence-corrected chi connectivity index (χ0v) is 22.6. The quantitative estimate of drug-likeness (QED) is 0.213. The number of benzene rings is 3. The van der Waals surface area contributed by atoms with Crippen molar-refractivity contribution in [3.8, 4) is 22.8 Å². The van der Waals surface area contributed by atoms with Gasteiger partial charge in [-0.1, -0.05) is 19.1 Å². The van der Waals surface area contributed by atoms with Gasteiger partial charge in [0.05, 0.1) is 25.2 Å². The number of halogens is 1. The van der Waals surface area contributed by atoms with Gasteiger partial charge in [0, 0.05) is 21.5 Å². The second-order valence-electron chi connectivity index (χ2n) is 8.07. The van der Waals surface area contributed by atoms with Crippen LogP contribution in [0.15, 0.2) is 77.0 Å². The van der Waals surface area contributed by atoms with E-state index in [2.05, 4.69) is 15.6 Å². The average molecular weight is 552 g/mol. The summed E-state index contributed by atoms with van der Waals surface area (Å²) in [5.74, 6) is -0.0547. The van der Waals surface area contributed by atoms with Gasteiger partial charge in [-0.2, -0.15) is 0 Å². The summed E-state index contributed by atoms with van der Waals surface area (Å²) >= 11 is 2.71. The van der Waals surface area contributed by atoms with E-state index < -0.39 is 0 Å². The van der Waals surface area contributed by atoms with E-state index in [0.29, 0.717) is 40.0 Å². The largest absolute Gasteiger partial charge is 0.496 e. The first-order valence-electron chi connectivity index (χ1n) is 11.7. The van der Waals surface area contributed by atoms with Crippen LogP contribution >= 0.6 is 23.1 Å². The van der Waals surface area contributed by atoms with Crippen molar-refractivity contribution in [1.29, 1.82) is 0 Å². The van der Waals surface area contributed by atoms with Crippen LogP contribution in [0.4, 0.5) is 15.2 Å². The number of nitrogens with zero attached hydrogens (tertiary/aromatic N) is 1. The van der Waals surface area contributed by atoms with Crippen LogP contribution < -0.4 is 20.1 Å². The highest BCUT2D eigenvalue weighted by molar-refractivity contribution is 8.00. The van der Waals surface area contributed by atoms with Crippen molar-refractivity contribution in [3.63, 3.8) is 0 Å². The molecule has 1 aromatic heterocycles. The molecule has 0 fully saturated rings. The smallest absolute Gasteiger partial charge is 0.263 e. The van der Waals surface area contributed by atoms with Crippen LogP contribution in [-0.2, 0) is 4.79 Å². The van der Waals surface area contributed by atoms with Crippen LogP contribution in [0, 0.1) is 5.82 Å². The maximum atomic E-state index is 13.2. The van der Waals surface area contributed by atoms with Gasteiger partial charge in [0.2, 0.25) is 5.91 Å². The third-order valence-corrected chi connectivity index (χ3v) is 7.68. The van der Waals surface area contributed by atoms with E-state index in [1.807, 2.05) is 30.5 Å². The van der Waals surface area contributed by atoms with Gasteiger partial charge in [-0.05, 0) is 61.0 Å². The Morgan fingerprint density at radius 3 is 2.34 bits per heavy atom. The fraction of sp³-hybridized carbons (Fsp3) is 0.179. The van der Waals surface area contributed by atoms with E-state index in [-0.39, 0.29) is 22.9 Å². The van der Waals surface area contributed by atoms with Crippen LogP contribution in [0.2, 0.25) is 0 Å². The molecule has 1 atom stereocenters. The van der Waals surface area contributed by atoms with Gasteiger partial charge >= 0.3 is 0 Å². The highest BCUT2D eigenvalue weighted by atomic mass is 32.2. The Balaban J connectivity index is 1.43. The van der Waals surface area contributed by atoms with Crippen molar-refractivity contribution in [2.24, 2.45) is 0 Å². The molecule has 7 nitrogen and oxygen atoms in total. The molecule has 0 spiro atoms. The average Bonchev–Trinajstić information content (AvgIpc) is 3.40. The van der Waals surface area contributed by atoms with E-state index in [1.165, 1.54) is 49.5 Å². The Morgan fingerprint density at radius 1 is 1.00 bits per heavy atom. The Kier molecular flexibility index (Phi) is 8.98. The van der Waals surface area contributed by atoms with Crippen LogP contribution in [0.3, 0.4) is 0 Å². The molecular weight excluding hydrogens is 525 g/mol. The lowest BCUT2D eigenvalue weighted by Crippen LogP contribution is -2.24. The summed E-state index contributed by atoms with van der Waals surface area (Å²) in [5, 5.41) is 7.68. The Hall–Kier alpha value is -3.89. The topological polar surface area (TPSA) is 89.5 Å². The summed E-state index contributed by atoms with van der Waals surface area (Å²) in [6.45, 7) is 1.93. The fourth-order valence-electron chi connectivity index (χ4n) is 3.67. The summed E-state index contributed by atoms with van der Waals surface area (Å²) < 4.78 is 23.9. The number of hydrogen-bond donors (Lipinski definition) is 2. The van der Waals surface area contributed by atoms with E-state index in [0.717, 1.165) is 10.5 Å². The van der Waals surface area contributed by atoms with Gasteiger partial charge in [0.15, 0.2) is 5.13 Å². The lowest BCUT2D eigenvalue weighted by molar-refractivity contribution is -0.115. The van der Waals surface area contributed by atoms with Gasteiger partial charge < -0.3 is 20.1 Å². The van der Waals surface area contributed by atoms with E-state index >= 15 is 0 Å². The molecule has 0 radical (unpaired) electrons. The van der Waals surface area contributed by atoms with E-state index in [4.69, 9.17) is 9.47 Å². The summed E-state index contributed by atoms with van der Waals surface area (Å²) in [6.07, 6.45) is 0.585. The molecule has 0 aliphatic carbocycles. The second-order valence-corrected chi connectivity index (χ2v) is 10.2. The summed E-state index contributed by atoms with van der Waals surface area (Å²) in [7, 11) is 2.99. The van der Waals surface area contributed by atoms with Crippen molar-refractivity contribution in [2.75, 3.05) is 24.9 Å². The second kappa shape index (κ2) is 12.6. The fourth-order valence-corrected chi connectivity index (χ4v) is 5.41. The number of hydrogen-bond acceptors (Lipinski definition) is 7. The summed E-state index contributed by atoms with van der Waals surface area (Å²) in [6, 6.07) is 18.5. The molecule has 0 saturated carbocycles. The Morgan fingerprint density at radius 2 is 1.68 bits per heavy atom. The molecule has 196 valence electrons. The van der Waals surface area contributed by atoms with Gasteiger partial charge in [0.25, 0.3) is 5.91 Å². The first-order valence-corrected chi connectivity index (χ1v) is 13.5. The van der Waals surface area contributed by atoms with Crippen molar-refractivity contribution < 1.29 is 23.5 Å². The van der Waals surface area contributed by atoms with Gasteiger partial charge in [-0.25, -0.2) is 9.37 Å². The maximum Gasteiger partial charge on any atom is 0.263 e. The predicted molar refractivity (Wildman–Crippen MR) is 150 cm³/mol. The lowest BCUT2D eigenvalue weighted by Gasteiger charge is -2.15. The zero-order chi connectivity index (χ0) is 27.1. The van der Waals surface area contributed by atoms with Crippen molar-refractivity contribution in [3.05, 3.63) is 83.5 Å². The highest BCUT2D eigenvalue weighted by Crippen LogP contribution is 2.32. The molecule has 3 aromatic carbocycles. The molecule has 2 amide bonds. The van der Waals surface area contributed by atoms with Gasteiger partial charge in [0.1, 0.15) is 22.9 Å². The Bertz CT molecular complexity index is 1400. The Labute approximate surface area is 228 Å². The monoisotopic (exact) mass is 551 g/mol. The number of methoxy groups -OCH3 is 2. The molecule has 0 saturated heterocycles. The SMILES string of the molecule is CCC(Sc1cccc(NC(=O)c2c(OC)cccc2OC)c1)C(=O)Nc1nc(-c2ccc(F)cc2)cs1. The van der Waals surface area contributed by atoms with Crippen LogP contribution in [0.1, 0.15) is 23.7 Å². The molecule has 10 heteroatoms. The van der Waals surface area contributed by atoms with Crippen molar-refractivity contribution in [2.45, 2.75) is 23.5 Å². The number of anilines is 2. The van der Waals surface area contributed by atoms with Crippen molar-refractivity contribution >= 4 is 45.7 Å². The minimum atomic E-state index is -0.381. The number of rotatable bonds is 10. The van der Waals surface area contributed by atoms with Crippen LogP contribution in [0.25, 0.3) is 11.3 Å². The van der Waals surface area contributed by atoms with Gasteiger partial charge in [-0.15, -0.1) is 23.1 Å². The van der Waals surface area contributed by atoms with Gasteiger partial charge in [-0.3, -0.25) is 9.59 Å². The molecule has 0 aliphatic heterocycles. The molecule has 4 aromatic rings. The normalized spacial score (nSPS) is 11.5. The van der Waals surface area contributed by atoms with Crippen LogP contribution in [0.5, 0.6) is 11.5 Å². The third-order valence-electron chi connectivity index (χ3n) is 5.56.